The largest absolute Gasteiger partial charge is 0.285 e. The molecule has 0 bridgehead atoms. The van der Waals surface area contributed by atoms with Crippen LogP contribution < -0.4 is 21.2 Å². The third-order valence-corrected chi connectivity index (χ3v) is 17.7. The zero-order valence-electron chi connectivity index (χ0n) is 25.5. The molecule has 46 heavy (non-hydrogen) atoms. The van der Waals surface area contributed by atoms with Crippen LogP contribution in [0.25, 0.3) is 0 Å². The van der Waals surface area contributed by atoms with Crippen LogP contribution >= 0.6 is 27.9 Å². The molecule has 2 saturated carbocycles. The van der Waals surface area contributed by atoms with Gasteiger partial charge < -0.3 is 0 Å². The second kappa shape index (κ2) is 15.9. The molecule has 4 aromatic carbocycles. The normalized spacial score (nSPS) is 25.5. The van der Waals surface area contributed by atoms with Crippen LogP contribution in [-0.4, -0.2) is 40.0 Å². The summed E-state index contributed by atoms with van der Waals surface area (Å²) in [5.41, 5.74) is 0.496. The lowest BCUT2D eigenvalue weighted by Crippen LogP contribution is -2.47. The van der Waals surface area contributed by atoms with Gasteiger partial charge in [0.25, 0.3) is 10.1 Å². The Hall–Kier alpha value is -2.12. The molecule has 6 rings (SSSR count). The molecule has 6 nitrogen and oxygen atoms in total. The summed E-state index contributed by atoms with van der Waals surface area (Å²) in [6, 6.07) is 42.8. The number of benzene rings is 4. The molecular weight excluding hydrogens is 654 g/mol. The van der Waals surface area contributed by atoms with Gasteiger partial charge in [-0.2, -0.15) is 8.42 Å². The van der Waals surface area contributed by atoms with Crippen molar-refractivity contribution in [1.82, 2.24) is 0 Å². The molecule has 4 aromatic rings. The maximum absolute atomic E-state index is 12.8. The number of rotatable bonds is 11. The van der Waals surface area contributed by atoms with Crippen LogP contribution in [0.2, 0.25) is 0 Å². The minimum Gasteiger partial charge on any atom is -0.285 e. The number of hydrogen-bond acceptors (Lipinski definition) is 6. The highest BCUT2D eigenvalue weighted by atomic mass is 32.2. The van der Waals surface area contributed by atoms with Gasteiger partial charge in [0.05, 0.1) is 5.25 Å². The van der Waals surface area contributed by atoms with Crippen LogP contribution in [-0.2, 0) is 19.5 Å². The highest BCUT2D eigenvalue weighted by molar-refractivity contribution is 7.95. The standard InChI is InChI=1S/C36H40O6P2S2/c37-41-42-45-31-21-23-35(43(27-13-5-1-6-14-27)28-15-7-2-8-16-28)33(25-31)34-26-32(46(38,39)40)22-24-36(34)44(29-17-9-3-10-18-29)30-19-11-4-12-20-30/h1-20,31-37H,21-26H2,(H,38,39,40). The molecule has 0 radical (unpaired) electrons. The molecule has 0 saturated heterocycles. The van der Waals surface area contributed by atoms with Crippen LogP contribution in [0.3, 0.4) is 0 Å². The minimum absolute atomic E-state index is 0.0352. The Labute approximate surface area is 279 Å². The van der Waals surface area contributed by atoms with E-state index in [0.29, 0.717) is 12.8 Å². The van der Waals surface area contributed by atoms with E-state index in [1.165, 1.54) is 21.2 Å². The second-order valence-corrected chi connectivity index (χ2v) is 19.7. The Kier molecular flexibility index (Phi) is 11.6. The Bertz CT molecular complexity index is 1540. The number of hydrogen-bond donors (Lipinski definition) is 2. The molecule has 0 amide bonds. The first kappa shape index (κ1) is 33.8. The molecule has 6 unspecified atom stereocenters. The van der Waals surface area contributed by atoms with Gasteiger partial charge in [0.2, 0.25) is 0 Å². The van der Waals surface area contributed by atoms with E-state index in [1.807, 2.05) is 12.1 Å². The molecule has 0 aromatic heterocycles. The summed E-state index contributed by atoms with van der Waals surface area (Å²) >= 11 is 1.15. The first-order valence-corrected chi connectivity index (χ1v) is 21.0. The molecule has 2 aliphatic rings. The monoisotopic (exact) mass is 694 g/mol. The first-order chi connectivity index (χ1) is 22.4. The Morgan fingerprint density at radius 2 is 0.978 bits per heavy atom. The molecule has 2 N–H and O–H groups in total. The molecule has 6 atom stereocenters. The first-order valence-electron chi connectivity index (χ1n) is 15.8. The van der Waals surface area contributed by atoms with Gasteiger partial charge in [-0.3, -0.25) is 4.55 Å². The lowest BCUT2D eigenvalue weighted by Gasteiger charge is -2.50. The van der Waals surface area contributed by atoms with Gasteiger partial charge in [0.15, 0.2) is 0 Å². The van der Waals surface area contributed by atoms with E-state index in [1.54, 1.807) is 0 Å². The van der Waals surface area contributed by atoms with E-state index in [0.717, 1.165) is 37.7 Å². The highest BCUT2D eigenvalue weighted by Crippen LogP contribution is 2.59. The molecule has 0 heterocycles. The third kappa shape index (κ3) is 7.94. The molecule has 2 fully saturated rings. The summed E-state index contributed by atoms with van der Waals surface area (Å²) in [4.78, 5) is 0. The molecule has 242 valence electrons. The van der Waals surface area contributed by atoms with Crippen molar-refractivity contribution in [2.24, 2.45) is 11.8 Å². The van der Waals surface area contributed by atoms with Crippen molar-refractivity contribution in [3.8, 4) is 0 Å². The van der Waals surface area contributed by atoms with E-state index in [2.05, 4.69) is 114 Å². The predicted molar refractivity (Wildman–Crippen MR) is 192 cm³/mol. The van der Waals surface area contributed by atoms with E-state index in [-0.39, 0.29) is 28.4 Å². The average Bonchev–Trinajstić information content (AvgIpc) is 3.09. The lowest BCUT2D eigenvalue weighted by molar-refractivity contribution is -0.432. The van der Waals surface area contributed by atoms with Crippen LogP contribution in [0.5, 0.6) is 0 Å². The van der Waals surface area contributed by atoms with Gasteiger partial charge in [-0.05, 0) is 98.7 Å². The zero-order valence-corrected chi connectivity index (χ0v) is 28.9. The molecule has 2 aliphatic carbocycles. The fourth-order valence-electron chi connectivity index (χ4n) is 7.71. The Morgan fingerprint density at radius 1 is 0.587 bits per heavy atom. The summed E-state index contributed by atoms with van der Waals surface area (Å²) in [6.45, 7) is 0. The summed E-state index contributed by atoms with van der Waals surface area (Å²) in [5.74, 6) is 0.181. The van der Waals surface area contributed by atoms with Crippen molar-refractivity contribution < 1.29 is 27.6 Å². The van der Waals surface area contributed by atoms with E-state index < -0.39 is 31.2 Å². The second-order valence-electron chi connectivity index (χ2n) is 12.2. The summed E-state index contributed by atoms with van der Waals surface area (Å²) < 4.78 is 41.0. The van der Waals surface area contributed by atoms with Crippen molar-refractivity contribution in [3.05, 3.63) is 121 Å². The van der Waals surface area contributed by atoms with Crippen molar-refractivity contribution in [1.29, 1.82) is 0 Å². The van der Waals surface area contributed by atoms with Crippen LogP contribution in [0.1, 0.15) is 38.5 Å². The predicted octanol–water partition coefficient (Wildman–Crippen LogP) is 7.28. The van der Waals surface area contributed by atoms with E-state index in [4.69, 9.17) is 9.59 Å². The van der Waals surface area contributed by atoms with Crippen molar-refractivity contribution in [3.63, 3.8) is 0 Å². The van der Waals surface area contributed by atoms with Crippen LogP contribution in [0, 0.1) is 11.8 Å². The summed E-state index contributed by atoms with van der Waals surface area (Å²) in [7, 11) is -5.84. The average molecular weight is 695 g/mol. The quantitative estimate of drug-likeness (QED) is 0.0561. The summed E-state index contributed by atoms with van der Waals surface area (Å²) in [5, 5.41) is 17.5. The minimum atomic E-state index is -4.22. The third-order valence-electron chi connectivity index (χ3n) is 9.61. The smallest absolute Gasteiger partial charge is 0.267 e. The fourth-order valence-corrected chi connectivity index (χ4v) is 15.7. The van der Waals surface area contributed by atoms with Crippen LogP contribution in [0.4, 0.5) is 0 Å². The van der Waals surface area contributed by atoms with E-state index in [9.17, 15) is 13.0 Å². The maximum Gasteiger partial charge on any atom is 0.267 e. The Morgan fingerprint density at radius 3 is 1.37 bits per heavy atom. The molecule has 0 aliphatic heterocycles. The van der Waals surface area contributed by atoms with Crippen molar-refractivity contribution >= 4 is 59.2 Å². The summed E-state index contributed by atoms with van der Waals surface area (Å²) in [6.07, 6.45) is 4.20. The lowest BCUT2D eigenvalue weighted by atomic mass is 9.72. The molecule has 10 heteroatoms. The fraction of sp³-hybridized carbons (Fsp3) is 0.333. The van der Waals surface area contributed by atoms with Gasteiger partial charge in [0.1, 0.15) is 0 Å². The SMILES string of the molecule is O=S(=O)(O)C1CCC(P(c2ccccc2)c2ccccc2)C(C2CC(SOOO)CCC2P(c2ccccc2)c2ccccc2)C1. The topological polar surface area (TPSA) is 93.1 Å². The van der Waals surface area contributed by atoms with E-state index >= 15 is 0 Å². The van der Waals surface area contributed by atoms with Gasteiger partial charge in [-0.15, -0.1) is 4.33 Å². The van der Waals surface area contributed by atoms with Gasteiger partial charge in [0, 0.05) is 17.3 Å². The highest BCUT2D eigenvalue weighted by Gasteiger charge is 2.49. The van der Waals surface area contributed by atoms with Gasteiger partial charge >= 0.3 is 0 Å². The van der Waals surface area contributed by atoms with Gasteiger partial charge in [-0.1, -0.05) is 126 Å². The zero-order chi connectivity index (χ0) is 31.9. The maximum atomic E-state index is 12.8. The van der Waals surface area contributed by atoms with Crippen molar-refractivity contribution in [2.75, 3.05) is 0 Å². The Balaban J connectivity index is 1.49. The van der Waals surface area contributed by atoms with Crippen molar-refractivity contribution in [2.45, 2.75) is 60.3 Å². The van der Waals surface area contributed by atoms with Crippen LogP contribution in [0.15, 0.2) is 121 Å². The molecular formula is C36H40O6P2S2. The molecule has 0 spiro atoms. The van der Waals surface area contributed by atoms with Gasteiger partial charge in [-0.25, -0.2) is 5.26 Å².